The van der Waals surface area contributed by atoms with Crippen LogP contribution in [-0.4, -0.2) is 24.6 Å². The number of rotatable bonds is 8. The molecule has 1 fully saturated rings. The molecule has 5 heteroatoms. The third kappa shape index (κ3) is 5.18. The van der Waals surface area contributed by atoms with Gasteiger partial charge in [-0.2, -0.15) is 0 Å². The van der Waals surface area contributed by atoms with Crippen molar-refractivity contribution in [3.05, 3.63) is 29.8 Å². The molecular weight excluding hydrogens is 300 g/mol. The lowest BCUT2D eigenvalue weighted by molar-refractivity contribution is 0.0938. The fourth-order valence-electron chi connectivity index (χ4n) is 2.12. The Labute approximate surface area is 139 Å². The van der Waals surface area contributed by atoms with E-state index in [2.05, 4.69) is 5.32 Å². The number of carbonyl (C=O) groups is 1. The summed E-state index contributed by atoms with van der Waals surface area (Å²) in [5.41, 5.74) is 6.48. The second-order valence-corrected chi connectivity index (χ2v) is 6.00. The first-order valence-corrected chi connectivity index (χ1v) is 7.87. The van der Waals surface area contributed by atoms with E-state index < -0.39 is 0 Å². The minimum absolute atomic E-state index is 0. The van der Waals surface area contributed by atoms with Crippen molar-refractivity contribution in [2.24, 2.45) is 11.7 Å². The van der Waals surface area contributed by atoms with Crippen molar-refractivity contribution >= 4 is 18.3 Å². The number of ether oxygens (including phenoxy) is 1. The molecule has 2 rings (SSSR count). The number of carbonyl (C=O) groups excluding carboxylic acids is 1. The van der Waals surface area contributed by atoms with Gasteiger partial charge in [0, 0.05) is 12.1 Å². The van der Waals surface area contributed by atoms with Gasteiger partial charge in [-0.1, -0.05) is 26.0 Å². The molecule has 22 heavy (non-hydrogen) atoms. The summed E-state index contributed by atoms with van der Waals surface area (Å²) in [6.07, 6.45) is 4.14. The number of nitrogens with one attached hydrogen (secondary N) is 1. The molecule has 1 saturated carbocycles. The van der Waals surface area contributed by atoms with Gasteiger partial charge in [0.15, 0.2) is 0 Å². The normalized spacial score (nSPS) is 14.1. The molecule has 4 nitrogen and oxygen atoms in total. The Morgan fingerprint density at radius 2 is 1.95 bits per heavy atom. The van der Waals surface area contributed by atoms with Crippen LogP contribution in [0.25, 0.3) is 0 Å². The molecule has 0 atom stereocenters. The molecule has 0 bridgehead atoms. The van der Waals surface area contributed by atoms with Crippen molar-refractivity contribution in [3.63, 3.8) is 0 Å². The number of para-hydroxylation sites is 1. The molecule has 0 heterocycles. The number of amides is 1. The van der Waals surface area contributed by atoms with Gasteiger partial charge < -0.3 is 15.8 Å². The zero-order chi connectivity index (χ0) is 15.3. The summed E-state index contributed by atoms with van der Waals surface area (Å²) >= 11 is 0. The topological polar surface area (TPSA) is 64.3 Å². The molecule has 1 aliphatic rings. The van der Waals surface area contributed by atoms with E-state index in [1.807, 2.05) is 32.0 Å². The van der Waals surface area contributed by atoms with Crippen LogP contribution >= 0.6 is 12.4 Å². The van der Waals surface area contributed by atoms with Crippen LogP contribution in [0, 0.1) is 5.92 Å². The van der Waals surface area contributed by atoms with Gasteiger partial charge in [0.1, 0.15) is 5.75 Å². The predicted molar refractivity (Wildman–Crippen MR) is 91.7 cm³/mol. The van der Waals surface area contributed by atoms with E-state index in [0.29, 0.717) is 30.4 Å². The standard InChI is InChI=1S/C17H26N2O2.ClH/c1-3-17(18,4-2)12-19-16(20)14-7-5-6-8-15(14)21-11-13-9-10-13;/h5-8,13H,3-4,9-12,18H2,1-2H3,(H,19,20);1H. The van der Waals surface area contributed by atoms with Crippen LogP contribution in [0.1, 0.15) is 49.9 Å². The van der Waals surface area contributed by atoms with Gasteiger partial charge >= 0.3 is 0 Å². The third-order valence-corrected chi connectivity index (χ3v) is 4.31. The van der Waals surface area contributed by atoms with E-state index in [4.69, 9.17) is 10.5 Å². The van der Waals surface area contributed by atoms with Gasteiger partial charge in [0.05, 0.1) is 12.2 Å². The molecule has 0 saturated heterocycles. The van der Waals surface area contributed by atoms with E-state index in [1.54, 1.807) is 6.07 Å². The first-order chi connectivity index (χ1) is 10.1. The summed E-state index contributed by atoms with van der Waals surface area (Å²) in [4.78, 5) is 12.4. The average molecular weight is 327 g/mol. The first-order valence-electron chi connectivity index (χ1n) is 7.87. The molecule has 124 valence electrons. The number of hydrogen-bond acceptors (Lipinski definition) is 3. The Balaban J connectivity index is 0.00000242. The first kappa shape index (κ1) is 18.8. The molecule has 0 unspecified atom stereocenters. The zero-order valence-corrected chi connectivity index (χ0v) is 14.2. The van der Waals surface area contributed by atoms with E-state index in [1.165, 1.54) is 12.8 Å². The Hall–Kier alpha value is -1.26. The molecular formula is C17H27ClN2O2. The molecule has 3 N–H and O–H groups in total. The van der Waals surface area contributed by atoms with E-state index in [-0.39, 0.29) is 23.9 Å². The second-order valence-electron chi connectivity index (χ2n) is 6.00. The summed E-state index contributed by atoms with van der Waals surface area (Å²) in [5, 5.41) is 2.94. The van der Waals surface area contributed by atoms with Crippen LogP contribution in [0.5, 0.6) is 5.75 Å². The molecule has 0 aromatic heterocycles. The van der Waals surface area contributed by atoms with E-state index >= 15 is 0 Å². The summed E-state index contributed by atoms with van der Waals surface area (Å²) in [6.45, 7) is 5.27. The quantitative estimate of drug-likeness (QED) is 0.771. The van der Waals surface area contributed by atoms with Crippen LogP contribution < -0.4 is 15.8 Å². The predicted octanol–water partition coefficient (Wildman–Crippen LogP) is 3.14. The van der Waals surface area contributed by atoms with Crippen molar-refractivity contribution in [2.75, 3.05) is 13.2 Å². The highest BCUT2D eigenvalue weighted by Gasteiger charge is 2.24. The highest BCUT2D eigenvalue weighted by molar-refractivity contribution is 5.96. The van der Waals surface area contributed by atoms with Gasteiger partial charge in [-0.05, 0) is 43.7 Å². The summed E-state index contributed by atoms with van der Waals surface area (Å²) in [5.74, 6) is 1.22. The number of benzene rings is 1. The van der Waals surface area contributed by atoms with Crippen LogP contribution in [0.2, 0.25) is 0 Å². The maximum absolute atomic E-state index is 12.4. The van der Waals surface area contributed by atoms with Crippen molar-refractivity contribution in [1.82, 2.24) is 5.32 Å². The van der Waals surface area contributed by atoms with Gasteiger partial charge in [0.25, 0.3) is 5.91 Å². The number of halogens is 1. The fourth-order valence-corrected chi connectivity index (χ4v) is 2.12. The Bertz CT molecular complexity index is 485. The van der Waals surface area contributed by atoms with Crippen LogP contribution in [0.15, 0.2) is 24.3 Å². The smallest absolute Gasteiger partial charge is 0.255 e. The lowest BCUT2D eigenvalue weighted by atomic mass is 9.94. The van der Waals surface area contributed by atoms with Crippen LogP contribution in [0.3, 0.4) is 0 Å². The van der Waals surface area contributed by atoms with Crippen LogP contribution in [0.4, 0.5) is 0 Å². The summed E-state index contributed by atoms with van der Waals surface area (Å²) in [6, 6.07) is 7.40. The molecule has 1 amide bonds. The van der Waals surface area contributed by atoms with Gasteiger partial charge in [-0.25, -0.2) is 0 Å². The Morgan fingerprint density at radius 3 is 2.55 bits per heavy atom. The second kappa shape index (κ2) is 8.39. The van der Waals surface area contributed by atoms with Gasteiger partial charge in [0.2, 0.25) is 0 Å². The van der Waals surface area contributed by atoms with Crippen molar-refractivity contribution < 1.29 is 9.53 Å². The minimum atomic E-state index is -0.334. The zero-order valence-electron chi connectivity index (χ0n) is 13.4. The molecule has 1 aromatic carbocycles. The van der Waals surface area contributed by atoms with E-state index in [0.717, 1.165) is 12.8 Å². The maximum Gasteiger partial charge on any atom is 0.255 e. The lowest BCUT2D eigenvalue weighted by Crippen LogP contribution is -2.49. The van der Waals surface area contributed by atoms with Gasteiger partial charge in [-0.15, -0.1) is 12.4 Å². The average Bonchev–Trinajstić information content (AvgIpc) is 3.35. The largest absolute Gasteiger partial charge is 0.492 e. The third-order valence-electron chi connectivity index (χ3n) is 4.31. The summed E-state index contributed by atoms with van der Waals surface area (Å²) in [7, 11) is 0. The Morgan fingerprint density at radius 1 is 1.32 bits per heavy atom. The van der Waals surface area contributed by atoms with Gasteiger partial charge in [-0.3, -0.25) is 4.79 Å². The fraction of sp³-hybridized carbons (Fsp3) is 0.588. The molecule has 1 aliphatic carbocycles. The highest BCUT2D eigenvalue weighted by Crippen LogP contribution is 2.30. The van der Waals surface area contributed by atoms with Crippen LogP contribution in [-0.2, 0) is 0 Å². The number of hydrogen-bond donors (Lipinski definition) is 2. The minimum Gasteiger partial charge on any atom is -0.492 e. The highest BCUT2D eigenvalue weighted by atomic mass is 35.5. The SMILES string of the molecule is CCC(N)(CC)CNC(=O)c1ccccc1OCC1CC1.Cl. The molecule has 0 spiro atoms. The summed E-state index contributed by atoms with van der Waals surface area (Å²) < 4.78 is 5.77. The van der Waals surface area contributed by atoms with E-state index in [9.17, 15) is 4.79 Å². The monoisotopic (exact) mass is 326 g/mol. The number of nitrogens with two attached hydrogens (primary N) is 1. The lowest BCUT2D eigenvalue weighted by Gasteiger charge is -2.27. The molecule has 1 aromatic rings. The maximum atomic E-state index is 12.4. The van der Waals surface area contributed by atoms with Crippen molar-refractivity contribution in [1.29, 1.82) is 0 Å². The molecule has 0 radical (unpaired) electrons. The molecule has 0 aliphatic heterocycles. The van der Waals surface area contributed by atoms with Crippen molar-refractivity contribution in [3.8, 4) is 5.75 Å². The Kier molecular flexibility index (Phi) is 7.17. The van der Waals surface area contributed by atoms with Crippen molar-refractivity contribution in [2.45, 2.75) is 45.1 Å².